The van der Waals surface area contributed by atoms with E-state index in [0.717, 1.165) is 10.2 Å². The molecular weight excluding hydrogens is 326 g/mol. The van der Waals surface area contributed by atoms with Gasteiger partial charge in [-0.25, -0.2) is 14.8 Å². The van der Waals surface area contributed by atoms with Crippen LogP contribution in [0.2, 0.25) is 0 Å². The van der Waals surface area contributed by atoms with Crippen LogP contribution in [0.15, 0.2) is 34.9 Å². The summed E-state index contributed by atoms with van der Waals surface area (Å²) in [7, 11) is 0. The van der Waals surface area contributed by atoms with Crippen molar-refractivity contribution in [1.82, 2.24) is 9.97 Å². The smallest absolute Gasteiger partial charge is 0.354 e. The predicted molar refractivity (Wildman–Crippen MR) is 75.8 cm³/mol. The lowest BCUT2D eigenvalue weighted by molar-refractivity contribution is 0.0690. The van der Waals surface area contributed by atoms with E-state index in [2.05, 4.69) is 31.2 Å². The van der Waals surface area contributed by atoms with E-state index in [4.69, 9.17) is 5.11 Å². The van der Waals surface area contributed by atoms with Crippen LogP contribution in [0.25, 0.3) is 0 Å². The summed E-state index contributed by atoms with van der Waals surface area (Å²) >= 11 is 3.32. The molecule has 102 valence electrons. The van der Waals surface area contributed by atoms with Crippen molar-refractivity contribution >= 4 is 33.6 Å². The molecule has 7 heteroatoms. The summed E-state index contributed by atoms with van der Waals surface area (Å²) in [6, 6.07) is 6.12. The second-order valence-electron chi connectivity index (χ2n) is 3.96. The molecule has 6 nitrogen and oxygen atoms in total. The molecule has 0 aromatic carbocycles. The molecule has 1 amide bonds. The van der Waals surface area contributed by atoms with Crippen molar-refractivity contribution in [2.45, 2.75) is 6.92 Å². The number of hydrogen-bond acceptors (Lipinski definition) is 4. The Labute approximate surface area is 123 Å². The van der Waals surface area contributed by atoms with Gasteiger partial charge in [0.2, 0.25) is 0 Å². The molecular formula is C13H10BrN3O3. The summed E-state index contributed by atoms with van der Waals surface area (Å²) in [5.74, 6) is -1.12. The first-order chi connectivity index (χ1) is 9.47. The van der Waals surface area contributed by atoms with Gasteiger partial charge >= 0.3 is 5.97 Å². The molecule has 0 saturated carbocycles. The van der Waals surface area contributed by atoms with Crippen LogP contribution < -0.4 is 5.32 Å². The largest absolute Gasteiger partial charge is 0.477 e. The molecule has 0 bridgehead atoms. The quantitative estimate of drug-likeness (QED) is 0.898. The summed E-state index contributed by atoms with van der Waals surface area (Å²) in [5, 5.41) is 11.3. The standard InChI is InChI=1S/C13H10BrN3O3/c1-7-9(14)3-5-11(16-7)17-12(18)8-2-4-10(13(19)20)15-6-8/h2-6H,1H3,(H,19,20)(H,16,17,18). The third kappa shape index (κ3) is 3.18. The zero-order valence-corrected chi connectivity index (χ0v) is 12.0. The van der Waals surface area contributed by atoms with Gasteiger partial charge in [0.15, 0.2) is 0 Å². The third-order valence-electron chi connectivity index (χ3n) is 2.51. The molecule has 20 heavy (non-hydrogen) atoms. The Morgan fingerprint density at radius 2 is 2.00 bits per heavy atom. The highest BCUT2D eigenvalue weighted by Crippen LogP contribution is 2.16. The van der Waals surface area contributed by atoms with Gasteiger partial charge in [-0.3, -0.25) is 4.79 Å². The Hall–Kier alpha value is -2.28. The fourth-order valence-corrected chi connectivity index (χ4v) is 1.68. The highest BCUT2D eigenvalue weighted by atomic mass is 79.9. The number of carbonyl (C=O) groups is 2. The Morgan fingerprint density at radius 3 is 2.55 bits per heavy atom. The van der Waals surface area contributed by atoms with Crippen molar-refractivity contribution in [3.05, 3.63) is 51.9 Å². The molecule has 2 aromatic heterocycles. The van der Waals surface area contributed by atoms with Gasteiger partial charge in [-0.05, 0) is 47.1 Å². The normalized spacial score (nSPS) is 10.1. The van der Waals surface area contributed by atoms with E-state index in [0.29, 0.717) is 5.82 Å². The molecule has 0 aliphatic rings. The van der Waals surface area contributed by atoms with Gasteiger partial charge in [-0.1, -0.05) is 0 Å². The van der Waals surface area contributed by atoms with Gasteiger partial charge in [-0.2, -0.15) is 0 Å². The maximum atomic E-state index is 11.9. The number of pyridine rings is 2. The van der Waals surface area contributed by atoms with E-state index < -0.39 is 11.9 Å². The van der Waals surface area contributed by atoms with E-state index in [9.17, 15) is 9.59 Å². The summed E-state index contributed by atoms with van der Waals surface area (Å²) < 4.78 is 0.850. The van der Waals surface area contributed by atoms with E-state index in [1.165, 1.54) is 18.3 Å². The number of carboxylic acid groups (broad SMARTS) is 1. The lowest BCUT2D eigenvalue weighted by Gasteiger charge is -2.06. The second-order valence-corrected chi connectivity index (χ2v) is 4.81. The number of aromatic carboxylic acids is 1. The average molecular weight is 336 g/mol. The summed E-state index contributed by atoms with van der Waals surface area (Å²) in [5.41, 5.74) is 0.902. The van der Waals surface area contributed by atoms with Gasteiger partial charge in [-0.15, -0.1) is 0 Å². The van der Waals surface area contributed by atoms with Crippen molar-refractivity contribution in [2.75, 3.05) is 5.32 Å². The number of aryl methyl sites for hydroxylation is 1. The number of rotatable bonds is 3. The van der Waals surface area contributed by atoms with Crippen LogP contribution in [0.4, 0.5) is 5.82 Å². The van der Waals surface area contributed by atoms with Gasteiger partial charge in [0.1, 0.15) is 11.5 Å². The molecule has 0 unspecified atom stereocenters. The molecule has 0 saturated heterocycles. The fourth-order valence-electron chi connectivity index (χ4n) is 1.46. The second kappa shape index (κ2) is 5.79. The zero-order chi connectivity index (χ0) is 14.7. The van der Waals surface area contributed by atoms with Crippen molar-refractivity contribution in [3.63, 3.8) is 0 Å². The van der Waals surface area contributed by atoms with Gasteiger partial charge in [0, 0.05) is 10.7 Å². The molecule has 0 atom stereocenters. The first-order valence-corrected chi connectivity index (χ1v) is 6.40. The number of anilines is 1. The van der Waals surface area contributed by atoms with Crippen molar-refractivity contribution in [1.29, 1.82) is 0 Å². The van der Waals surface area contributed by atoms with E-state index in [-0.39, 0.29) is 11.3 Å². The zero-order valence-electron chi connectivity index (χ0n) is 10.4. The van der Waals surface area contributed by atoms with Gasteiger partial charge < -0.3 is 10.4 Å². The fraction of sp³-hybridized carbons (Fsp3) is 0.0769. The summed E-state index contributed by atoms with van der Waals surface area (Å²) in [4.78, 5) is 30.5. The number of carboxylic acids is 1. The van der Waals surface area contributed by atoms with Crippen LogP contribution in [-0.4, -0.2) is 27.0 Å². The van der Waals surface area contributed by atoms with Crippen molar-refractivity contribution in [2.24, 2.45) is 0 Å². The van der Waals surface area contributed by atoms with Crippen LogP contribution in [0.1, 0.15) is 26.5 Å². The number of carbonyl (C=O) groups excluding carboxylic acids is 1. The lowest BCUT2D eigenvalue weighted by Crippen LogP contribution is -2.14. The molecule has 0 aliphatic heterocycles. The molecule has 2 aromatic rings. The monoisotopic (exact) mass is 335 g/mol. The number of nitrogens with zero attached hydrogens (tertiary/aromatic N) is 2. The minimum absolute atomic E-state index is 0.112. The van der Waals surface area contributed by atoms with Crippen LogP contribution in [0.3, 0.4) is 0 Å². The third-order valence-corrected chi connectivity index (χ3v) is 3.35. The van der Waals surface area contributed by atoms with Crippen LogP contribution in [0.5, 0.6) is 0 Å². The number of amides is 1. The Balaban J connectivity index is 2.15. The van der Waals surface area contributed by atoms with E-state index in [1.807, 2.05) is 6.92 Å². The van der Waals surface area contributed by atoms with Crippen LogP contribution >= 0.6 is 15.9 Å². The number of nitrogens with one attached hydrogen (secondary N) is 1. The van der Waals surface area contributed by atoms with Crippen molar-refractivity contribution in [3.8, 4) is 0 Å². The maximum Gasteiger partial charge on any atom is 0.354 e. The number of hydrogen-bond donors (Lipinski definition) is 2. The van der Waals surface area contributed by atoms with Crippen molar-refractivity contribution < 1.29 is 14.7 Å². The Bertz CT molecular complexity index is 671. The van der Waals surface area contributed by atoms with Gasteiger partial charge in [0.25, 0.3) is 5.91 Å². The molecule has 0 aliphatic carbocycles. The Kier molecular flexibility index (Phi) is 4.09. The molecule has 2 rings (SSSR count). The highest BCUT2D eigenvalue weighted by molar-refractivity contribution is 9.10. The number of halogens is 1. The van der Waals surface area contributed by atoms with Gasteiger partial charge in [0.05, 0.1) is 11.3 Å². The first kappa shape index (κ1) is 14.1. The molecule has 2 N–H and O–H groups in total. The summed E-state index contributed by atoms with van der Waals surface area (Å²) in [6.07, 6.45) is 1.21. The molecule has 0 spiro atoms. The average Bonchev–Trinajstić information content (AvgIpc) is 2.43. The van der Waals surface area contributed by atoms with E-state index in [1.54, 1.807) is 12.1 Å². The molecule has 2 heterocycles. The maximum absolute atomic E-state index is 11.9. The number of aromatic nitrogens is 2. The van der Waals surface area contributed by atoms with E-state index >= 15 is 0 Å². The van der Waals surface area contributed by atoms with Crippen LogP contribution in [0, 0.1) is 6.92 Å². The minimum Gasteiger partial charge on any atom is -0.477 e. The minimum atomic E-state index is -1.14. The predicted octanol–water partition coefficient (Wildman–Crippen LogP) is 2.50. The molecule has 0 fully saturated rings. The lowest BCUT2D eigenvalue weighted by atomic mass is 10.2. The topological polar surface area (TPSA) is 92.2 Å². The molecule has 0 radical (unpaired) electrons. The summed E-state index contributed by atoms with van der Waals surface area (Å²) in [6.45, 7) is 1.81. The highest BCUT2D eigenvalue weighted by Gasteiger charge is 2.10. The Morgan fingerprint density at radius 1 is 1.25 bits per heavy atom. The SMILES string of the molecule is Cc1nc(NC(=O)c2ccc(C(=O)O)nc2)ccc1Br. The van der Waals surface area contributed by atoms with Crippen LogP contribution in [-0.2, 0) is 0 Å². The first-order valence-electron chi connectivity index (χ1n) is 5.61.